The van der Waals surface area contributed by atoms with Gasteiger partial charge in [-0.2, -0.15) is 0 Å². The molecule has 0 saturated heterocycles. The van der Waals surface area contributed by atoms with Gasteiger partial charge < -0.3 is 14.3 Å². The summed E-state index contributed by atoms with van der Waals surface area (Å²) >= 11 is 0. The zero-order valence-electron chi connectivity index (χ0n) is 12.8. The molecule has 4 aromatic rings. The van der Waals surface area contributed by atoms with Crippen LogP contribution in [0.3, 0.4) is 0 Å². The number of pyridine rings is 1. The first-order chi connectivity index (χ1) is 11.7. The number of carboxylic acid groups (broad SMARTS) is 1. The molecule has 118 valence electrons. The molecule has 0 atom stereocenters. The average molecular weight is 319 g/mol. The Bertz CT molecular complexity index is 1080. The standard InChI is InChI=1S/C19H13NO4/c1-23-12-7-6-11-8-18(24-17(11)9-12)16-10-14(19(21)22)13-4-2-3-5-15(13)20-16/h2-10H,1H3,(H,21,22). The maximum absolute atomic E-state index is 11.6. The zero-order chi connectivity index (χ0) is 16.7. The van der Waals surface area contributed by atoms with E-state index in [-0.39, 0.29) is 5.56 Å². The van der Waals surface area contributed by atoms with E-state index in [1.807, 2.05) is 24.3 Å². The summed E-state index contributed by atoms with van der Waals surface area (Å²) in [7, 11) is 1.59. The fourth-order valence-electron chi connectivity index (χ4n) is 2.74. The predicted molar refractivity (Wildman–Crippen MR) is 90.5 cm³/mol. The number of benzene rings is 2. The second-order valence-electron chi connectivity index (χ2n) is 5.39. The third-order valence-electron chi connectivity index (χ3n) is 3.93. The fraction of sp³-hybridized carbons (Fsp3) is 0.0526. The Kier molecular flexibility index (Phi) is 3.20. The highest BCUT2D eigenvalue weighted by Gasteiger charge is 2.15. The van der Waals surface area contributed by atoms with E-state index in [0.717, 1.165) is 5.39 Å². The summed E-state index contributed by atoms with van der Waals surface area (Å²) in [5.74, 6) is 0.222. The number of furan rings is 1. The van der Waals surface area contributed by atoms with E-state index < -0.39 is 5.97 Å². The number of aromatic carboxylic acids is 1. The van der Waals surface area contributed by atoms with Gasteiger partial charge in [-0.1, -0.05) is 18.2 Å². The van der Waals surface area contributed by atoms with Gasteiger partial charge in [0.2, 0.25) is 0 Å². The largest absolute Gasteiger partial charge is 0.497 e. The van der Waals surface area contributed by atoms with Crippen molar-refractivity contribution in [3.8, 4) is 17.2 Å². The quantitative estimate of drug-likeness (QED) is 0.607. The van der Waals surface area contributed by atoms with E-state index in [0.29, 0.717) is 33.7 Å². The number of aromatic nitrogens is 1. The Labute approximate surface area is 137 Å². The normalized spacial score (nSPS) is 11.0. The molecule has 2 aromatic carbocycles. The monoisotopic (exact) mass is 319 g/mol. The summed E-state index contributed by atoms with van der Waals surface area (Å²) in [6.45, 7) is 0. The Morgan fingerprint density at radius 1 is 1.12 bits per heavy atom. The average Bonchev–Trinajstić information content (AvgIpc) is 3.03. The van der Waals surface area contributed by atoms with E-state index in [4.69, 9.17) is 9.15 Å². The molecule has 2 heterocycles. The van der Waals surface area contributed by atoms with Crippen molar-refractivity contribution in [3.63, 3.8) is 0 Å². The second kappa shape index (κ2) is 5.38. The van der Waals surface area contributed by atoms with Gasteiger partial charge in [0.05, 0.1) is 18.2 Å². The Morgan fingerprint density at radius 2 is 1.96 bits per heavy atom. The van der Waals surface area contributed by atoms with Crippen LogP contribution in [-0.2, 0) is 0 Å². The van der Waals surface area contributed by atoms with Crippen molar-refractivity contribution in [1.82, 2.24) is 4.98 Å². The molecule has 0 fully saturated rings. The van der Waals surface area contributed by atoms with Gasteiger partial charge in [-0.05, 0) is 30.3 Å². The van der Waals surface area contributed by atoms with Crippen LogP contribution in [-0.4, -0.2) is 23.2 Å². The number of carboxylic acids is 1. The SMILES string of the molecule is COc1ccc2cc(-c3cc(C(=O)O)c4ccccc4n3)oc2c1. The van der Waals surface area contributed by atoms with Crippen LogP contribution in [0.2, 0.25) is 0 Å². The molecular weight excluding hydrogens is 306 g/mol. The fourth-order valence-corrected chi connectivity index (χ4v) is 2.74. The lowest BCUT2D eigenvalue weighted by Crippen LogP contribution is -1.99. The number of hydrogen-bond donors (Lipinski definition) is 1. The molecule has 4 rings (SSSR count). The maximum atomic E-state index is 11.6. The molecule has 0 aliphatic rings. The highest BCUT2D eigenvalue weighted by molar-refractivity contribution is 6.03. The molecule has 0 spiro atoms. The highest BCUT2D eigenvalue weighted by Crippen LogP contribution is 2.31. The van der Waals surface area contributed by atoms with Crippen LogP contribution < -0.4 is 4.74 Å². The molecule has 0 amide bonds. The number of ether oxygens (including phenoxy) is 1. The van der Waals surface area contributed by atoms with Crippen molar-refractivity contribution in [1.29, 1.82) is 0 Å². The van der Waals surface area contributed by atoms with Gasteiger partial charge in [0.25, 0.3) is 0 Å². The van der Waals surface area contributed by atoms with E-state index in [1.54, 1.807) is 37.4 Å². The molecule has 24 heavy (non-hydrogen) atoms. The number of methoxy groups -OCH3 is 1. The minimum atomic E-state index is -0.993. The van der Waals surface area contributed by atoms with Crippen molar-refractivity contribution in [2.45, 2.75) is 0 Å². The van der Waals surface area contributed by atoms with Crippen molar-refractivity contribution in [2.75, 3.05) is 7.11 Å². The summed E-state index contributed by atoms with van der Waals surface area (Å²) in [4.78, 5) is 16.1. The Morgan fingerprint density at radius 3 is 2.75 bits per heavy atom. The first-order valence-electron chi connectivity index (χ1n) is 7.37. The third-order valence-corrected chi connectivity index (χ3v) is 3.93. The molecule has 5 heteroatoms. The van der Waals surface area contributed by atoms with Crippen molar-refractivity contribution >= 4 is 27.8 Å². The van der Waals surface area contributed by atoms with Gasteiger partial charge >= 0.3 is 5.97 Å². The van der Waals surface area contributed by atoms with E-state index >= 15 is 0 Å². The van der Waals surface area contributed by atoms with Crippen molar-refractivity contribution in [2.24, 2.45) is 0 Å². The van der Waals surface area contributed by atoms with Gasteiger partial charge in [0.15, 0.2) is 5.76 Å². The molecular formula is C19H13NO4. The summed E-state index contributed by atoms with van der Waals surface area (Å²) in [6, 6.07) is 16.1. The topological polar surface area (TPSA) is 72.6 Å². The van der Waals surface area contributed by atoms with E-state index in [1.165, 1.54) is 0 Å². The molecule has 0 unspecified atom stereocenters. The number of nitrogens with zero attached hydrogens (tertiary/aromatic N) is 1. The van der Waals surface area contributed by atoms with E-state index in [2.05, 4.69) is 4.98 Å². The van der Waals surface area contributed by atoms with Crippen molar-refractivity contribution in [3.05, 3.63) is 60.2 Å². The summed E-state index contributed by atoms with van der Waals surface area (Å²) < 4.78 is 11.0. The molecule has 5 nitrogen and oxygen atoms in total. The molecule has 0 aliphatic heterocycles. The van der Waals surface area contributed by atoms with Crippen LogP contribution in [0.1, 0.15) is 10.4 Å². The van der Waals surface area contributed by atoms with Crippen LogP contribution in [0.15, 0.2) is 59.0 Å². The van der Waals surface area contributed by atoms with Crippen LogP contribution in [0, 0.1) is 0 Å². The van der Waals surface area contributed by atoms with Gasteiger partial charge in [0.1, 0.15) is 17.0 Å². The molecule has 0 aliphatic carbocycles. The van der Waals surface area contributed by atoms with Crippen LogP contribution >= 0.6 is 0 Å². The third kappa shape index (κ3) is 2.27. The van der Waals surface area contributed by atoms with Gasteiger partial charge in [-0.3, -0.25) is 0 Å². The molecule has 0 bridgehead atoms. The minimum absolute atomic E-state index is 0.202. The Balaban J connectivity index is 1.94. The molecule has 0 saturated carbocycles. The lowest BCUT2D eigenvalue weighted by Gasteiger charge is -2.04. The highest BCUT2D eigenvalue weighted by atomic mass is 16.5. The Hall–Kier alpha value is -3.34. The number of carbonyl (C=O) groups is 1. The second-order valence-corrected chi connectivity index (χ2v) is 5.39. The van der Waals surface area contributed by atoms with Gasteiger partial charge in [-0.15, -0.1) is 0 Å². The van der Waals surface area contributed by atoms with Crippen LogP contribution in [0.5, 0.6) is 5.75 Å². The van der Waals surface area contributed by atoms with Crippen LogP contribution in [0.4, 0.5) is 0 Å². The maximum Gasteiger partial charge on any atom is 0.336 e. The van der Waals surface area contributed by atoms with Gasteiger partial charge in [0, 0.05) is 16.8 Å². The number of para-hydroxylation sites is 1. The first-order valence-corrected chi connectivity index (χ1v) is 7.37. The first kappa shape index (κ1) is 14.3. The van der Waals surface area contributed by atoms with Crippen LogP contribution in [0.25, 0.3) is 33.3 Å². The smallest absolute Gasteiger partial charge is 0.336 e. The molecule has 2 aromatic heterocycles. The number of rotatable bonds is 3. The number of fused-ring (bicyclic) bond motifs is 2. The van der Waals surface area contributed by atoms with Crippen molar-refractivity contribution < 1.29 is 19.1 Å². The lowest BCUT2D eigenvalue weighted by molar-refractivity contribution is 0.0699. The van der Waals surface area contributed by atoms with Gasteiger partial charge in [-0.25, -0.2) is 9.78 Å². The van der Waals surface area contributed by atoms with E-state index in [9.17, 15) is 9.90 Å². The number of hydrogen-bond acceptors (Lipinski definition) is 4. The lowest BCUT2D eigenvalue weighted by atomic mass is 10.1. The molecule has 0 radical (unpaired) electrons. The summed E-state index contributed by atoms with van der Waals surface area (Å²) in [6.07, 6.45) is 0. The summed E-state index contributed by atoms with van der Waals surface area (Å²) in [5.41, 5.74) is 1.97. The predicted octanol–water partition coefficient (Wildman–Crippen LogP) is 4.35. The zero-order valence-corrected chi connectivity index (χ0v) is 12.8. The minimum Gasteiger partial charge on any atom is -0.497 e. The summed E-state index contributed by atoms with van der Waals surface area (Å²) in [5, 5.41) is 11.0. The molecule has 1 N–H and O–H groups in total.